The van der Waals surface area contributed by atoms with E-state index in [9.17, 15) is 19.4 Å². The van der Waals surface area contributed by atoms with Gasteiger partial charge in [0, 0.05) is 12.0 Å². The van der Waals surface area contributed by atoms with Gasteiger partial charge in [-0.1, -0.05) is 34.6 Å². The smallest absolute Gasteiger partial charge is 0.383 e. The predicted octanol–water partition coefficient (Wildman–Crippen LogP) is 2.86. The molecule has 0 radical (unpaired) electrons. The SMILES string of the molecule is CC(C)(C)CCNC(=O)[C@H](O)C(C)(C)COP(=O)(O)OC(C)(C)C. The molecule has 1 unspecified atom stereocenters. The lowest BCUT2D eigenvalue weighted by Crippen LogP contribution is -2.46. The number of aliphatic hydroxyl groups excluding tert-OH is 1. The molecule has 2 atom stereocenters. The summed E-state index contributed by atoms with van der Waals surface area (Å²) in [7, 11) is -4.27. The summed E-state index contributed by atoms with van der Waals surface area (Å²) in [6, 6.07) is 0. The van der Waals surface area contributed by atoms with Crippen LogP contribution in [0.25, 0.3) is 0 Å². The average molecular weight is 367 g/mol. The first kappa shape index (κ1) is 23.5. The average Bonchev–Trinajstić information content (AvgIpc) is 2.31. The van der Waals surface area contributed by atoms with Crippen molar-refractivity contribution in [3.63, 3.8) is 0 Å². The van der Waals surface area contributed by atoms with E-state index in [1.54, 1.807) is 34.6 Å². The molecule has 0 rings (SSSR count). The summed E-state index contributed by atoms with van der Waals surface area (Å²) >= 11 is 0. The van der Waals surface area contributed by atoms with Gasteiger partial charge in [-0.15, -0.1) is 0 Å². The second-order valence-electron chi connectivity index (χ2n) is 8.94. The Morgan fingerprint density at radius 3 is 2.04 bits per heavy atom. The van der Waals surface area contributed by atoms with Gasteiger partial charge in [0.15, 0.2) is 0 Å². The van der Waals surface area contributed by atoms with E-state index >= 15 is 0 Å². The maximum absolute atomic E-state index is 12.0. The number of carbonyl (C=O) groups is 1. The number of hydrogen-bond acceptors (Lipinski definition) is 5. The molecule has 0 aliphatic heterocycles. The zero-order valence-corrected chi connectivity index (χ0v) is 17.1. The molecule has 0 aliphatic rings. The van der Waals surface area contributed by atoms with Crippen LogP contribution < -0.4 is 5.32 Å². The Hall–Kier alpha value is -0.460. The van der Waals surface area contributed by atoms with E-state index in [1.807, 2.05) is 0 Å². The summed E-state index contributed by atoms with van der Waals surface area (Å²) in [4.78, 5) is 21.7. The molecule has 0 saturated heterocycles. The van der Waals surface area contributed by atoms with Gasteiger partial charge in [0.05, 0.1) is 12.2 Å². The van der Waals surface area contributed by atoms with Gasteiger partial charge < -0.3 is 15.3 Å². The van der Waals surface area contributed by atoms with Crippen molar-refractivity contribution in [1.82, 2.24) is 5.32 Å². The number of hydrogen-bond donors (Lipinski definition) is 3. The lowest BCUT2D eigenvalue weighted by atomic mass is 9.87. The summed E-state index contributed by atoms with van der Waals surface area (Å²) in [6.07, 6.45) is -0.597. The highest BCUT2D eigenvalue weighted by molar-refractivity contribution is 7.47. The van der Waals surface area contributed by atoms with E-state index in [4.69, 9.17) is 9.05 Å². The summed E-state index contributed by atoms with van der Waals surface area (Å²) in [5.41, 5.74) is -1.83. The van der Waals surface area contributed by atoms with Crippen LogP contribution in [-0.2, 0) is 18.4 Å². The summed E-state index contributed by atoms with van der Waals surface area (Å²) in [5, 5.41) is 12.9. The largest absolute Gasteiger partial charge is 0.472 e. The van der Waals surface area contributed by atoms with Gasteiger partial charge in [-0.3, -0.25) is 13.8 Å². The van der Waals surface area contributed by atoms with E-state index in [0.29, 0.717) is 6.54 Å². The summed E-state index contributed by atoms with van der Waals surface area (Å²) < 4.78 is 21.8. The van der Waals surface area contributed by atoms with Gasteiger partial charge in [-0.05, 0) is 32.6 Å². The normalized spacial score (nSPS) is 17.2. The topological polar surface area (TPSA) is 105 Å². The molecular formula is C16H34NO6P. The number of rotatable bonds is 8. The molecule has 144 valence electrons. The van der Waals surface area contributed by atoms with Crippen molar-refractivity contribution in [2.24, 2.45) is 10.8 Å². The van der Waals surface area contributed by atoms with Crippen molar-refractivity contribution in [3.8, 4) is 0 Å². The van der Waals surface area contributed by atoms with Gasteiger partial charge in [-0.2, -0.15) is 0 Å². The van der Waals surface area contributed by atoms with Crippen LogP contribution >= 0.6 is 7.82 Å². The third kappa shape index (κ3) is 10.4. The van der Waals surface area contributed by atoms with Crippen molar-refractivity contribution in [2.45, 2.75) is 73.5 Å². The van der Waals surface area contributed by atoms with E-state index < -0.39 is 30.8 Å². The number of phosphoric acid groups is 1. The molecule has 0 aliphatic carbocycles. The lowest BCUT2D eigenvalue weighted by Gasteiger charge is -2.31. The number of phosphoric ester groups is 1. The zero-order valence-electron chi connectivity index (χ0n) is 16.2. The minimum atomic E-state index is -4.27. The molecule has 8 heteroatoms. The van der Waals surface area contributed by atoms with Gasteiger partial charge >= 0.3 is 7.82 Å². The molecule has 0 saturated carbocycles. The fraction of sp³-hybridized carbons (Fsp3) is 0.938. The second kappa shape index (κ2) is 8.28. The first-order valence-electron chi connectivity index (χ1n) is 8.09. The number of aliphatic hydroxyl groups is 1. The van der Waals surface area contributed by atoms with Gasteiger partial charge in [0.1, 0.15) is 6.10 Å². The number of nitrogens with one attached hydrogen (secondary N) is 1. The van der Waals surface area contributed by atoms with Gasteiger partial charge in [-0.25, -0.2) is 4.57 Å². The molecule has 0 aromatic heterocycles. The maximum atomic E-state index is 12.0. The number of carbonyl (C=O) groups excluding carboxylic acids is 1. The molecule has 1 amide bonds. The van der Waals surface area contributed by atoms with E-state index in [0.717, 1.165) is 6.42 Å². The van der Waals surface area contributed by atoms with Crippen LogP contribution in [0, 0.1) is 10.8 Å². The third-order valence-corrected chi connectivity index (χ3v) is 4.39. The Labute approximate surface area is 145 Å². The fourth-order valence-corrected chi connectivity index (χ4v) is 2.95. The van der Waals surface area contributed by atoms with Crippen molar-refractivity contribution in [1.29, 1.82) is 0 Å². The van der Waals surface area contributed by atoms with Crippen molar-refractivity contribution < 1.29 is 28.4 Å². The second-order valence-corrected chi connectivity index (χ2v) is 10.3. The Bertz CT molecular complexity index is 464. The van der Waals surface area contributed by atoms with Gasteiger partial charge in [0.25, 0.3) is 0 Å². The molecule has 0 aromatic carbocycles. The monoisotopic (exact) mass is 367 g/mol. The Kier molecular flexibility index (Phi) is 8.12. The lowest BCUT2D eigenvalue weighted by molar-refractivity contribution is -0.137. The summed E-state index contributed by atoms with van der Waals surface area (Å²) in [6.45, 7) is 14.4. The zero-order chi connectivity index (χ0) is 19.4. The van der Waals surface area contributed by atoms with Crippen LogP contribution in [-0.4, -0.2) is 40.8 Å². The number of amides is 1. The highest BCUT2D eigenvalue weighted by atomic mass is 31.2. The molecule has 0 heterocycles. The van der Waals surface area contributed by atoms with Crippen LogP contribution in [0.3, 0.4) is 0 Å². The quantitative estimate of drug-likeness (QED) is 0.570. The molecule has 0 aromatic rings. The Morgan fingerprint density at radius 1 is 1.12 bits per heavy atom. The molecular weight excluding hydrogens is 333 g/mol. The molecule has 0 fully saturated rings. The Balaban J connectivity index is 4.59. The van der Waals surface area contributed by atoms with Crippen LogP contribution in [0.15, 0.2) is 0 Å². The molecule has 3 N–H and O–H groups in total. The van der Waals surface area contributed by atoms with Gasteiger partial charge in [0.2, 0.25) is 5.91 Å². The minimum absolute atomic E-state index is 0.0741. The predicted molar refractivity (Wildman–Crippen MR) is 93.5 cm³/mol. The minimum Gasteiger partial charge on any atom is -0.383 e. The van der Waals surface area contributed by atoms with Crippen LogP contribution in [0.1, 0.15) is 61.8 Å². The van der Waals surface area contributed by atoms with Crippen LogP contribution in [0.2, 0.25) is 0 Å². The molecule has 24 heavy (non-hydrogen) atoms. The first-order chi connectivity index (χ1) is 10.5. The highest BCUT2D eigenvalue weighted by Crippen LogP contribution is 2.48. The van der Waals surface area contributed by atoms with E-state index in [-0.39, 0.29) is 12.0 Å². The van der Waals surface area contributed by atoms with E-state index in [2.05, 4.69) is 26.1 Å². The van der Waals surface area contributed by atoms with Crippen molar-refractivity contribution >= 4 is 13.7 Å². The van der Waals surface area contributed by atoms with E-state index in [1.165, 1.54) is 0 Å². The van der Waals surface area contributed by atoms with Crippen LogP contribution in [0.5, 0.6) is 0 Å². The standard InChI is InChI=1S/C16H34NO6P/c1-14(2,3)9-10-17-13(19)12(18)16(7,8)11-22-24(20,21)23-15(4,5)6/h12,18H,9-11H2,1-8H3,(H,17,19)(H,20,21)/t12-/m0/s1. The highest BCUT2D eigenvalue weighted by Gasteiger charge is 2.38. The van der Waals surface area contributed by atoms with Crippen LogP contribution in [0.4, 0.5) is 0 Å². The van der Waals surface area contributed by atoms with Crippen molar-refractivity contribution in [2.75, 3.05) is 13.2 Å². The third-order valence-electron chi connectivity index (χ3n) is 3.15. The van der Waals surface area contributed by atoms with Crippen molar-refractivity contribution in [3.05, 3.63) is 0 Å². The first-order valence-corrected chi connectivity index (χ1v) is 9.59. The molecule has 0 spiro atoms. The molecule has 0 bridgehead atoms. The summed E-state index contributed by atoms with van der Waals surface area (Å²) in [5.74, 6) is -0.530. The maximum Gasteiger partial charge on any atom is 0.472 e. The fourth-order valence-electron chi connectivity index (χ4n) is 1.71. The molecule has 7 nitrogen and oxygen atoms in total. The Morgan fingerprint density at radius 2 is 1.62 bits per heavy atom.